The van der Waals surface area contributed by atoms with E-state index < -0.39 is 0 Å². The summed E-state index contributed by atoms with van der Waals surface area (Å²) >= 11 is 0. The van der Waals surface area contributed by atoms with E-state index in [1.807, 2.05) is 12.3 Å². The number of carbonyl (C=O) groups excluding carboxylic acids is 3. The maximum Gasteiger partial charge on any atom is 0.243 e. The van der Waals surface area contributed by atoms with Crippen molar-refractivity contribution >= 4 is 17.7 Å². The van der Waals surface area contributed by atoms with Crippen LogP contribution in [-0.4, -0.2) is 41.8 Å². The predicted octanol–water partition coefficient (Wildman–Crippen LogP) is -1.90. The van der Waals surface area contributed by atoms with Crippen LogP contribution in [0.4, 0.5) is 0 Å². The molecule has 3 amide bonds. The molecule has 1 aliphatic heterocycles. The van der Waals surface area contributed by atoms with Crippen molar-refractivity contribution in [3.63, 3.8) is 0 Å². The molecular weight excluding hydrogens is 212 g/mol. The number of nitrogens with two attached hydrogens (primary N) is 1. The third kappa shape index (κ3) is 3.01. The molecule has 0 aromatic rings. The monoisotopic (exact) mass is 228 g/mol. The average Bonchev–Trinajstić information content (AvgIpc) is 2.25. The van der Waals surface area contributed by atoms with Gasteiger partial charge in [-0.2, -0.15) is 0 Å². The molecule has 1 unspecified atom stereocenters. The average molecular weight is 228 g/mol. The number of nitrogens with one attached hydrogen (secondary N) is 2. The third-order valence-electron chi connectivity index (χ3n) is 2.53. The Kier molecular flexibility index (Phi) is 4.39. The van der Waals surface area contributed by atoms with Crippen molar-refractivity contribution < 1.29 is 14.4 Å². The highest BCUT2D eigenvalue weighted by Gasteiger charge is 2.32. The van der Waals surface area contributed by atoms with Crippen LogP contribution in [0, 0.1) is 0 Å². The summed E-state index contributed by atoms with van der Waals surface area (Å²) in [6, 6.07) is -0.344. The fourth-order valence-electron chi connectivity index (χ4n) is 1.72. The number of carbonyl (C=O) groups is 3. The zero-order valence-corrected chi connectivity index (χ0v) is 9.16. The van der Waals surface area contributed by atoms with E-state index in [1.165, 1.54) is 0 Å². The molecule has 0 aliphatic carbocycles. The summed E-state index contributed by atoms with van der Waals surface area (Å²) in [6.07, 6.45) is 0.775. The van der Waals surface area contributed by atoms with Gasteiger partial charge in [0.25, 0.3) is 0 Å². The van der Waals surface area contributed by atoms with Crippen molar-refractivity contribution in [3.05, 3.63) is 0 Å². The summed E-state index contributed by atoms with van der Waals surface area (Å²) in [6.45, 7) is 2.35. The number of hydrogen-bond donors (Lipinski definition) is 3. The Labute approximate surface area is 93.3 Å². The summed E-state index contributed by atoms with van der Waals surface area (Å²) in [4.78, 5) is 35.3. The molecule has 1 atom stereocenters. The molecule has 0 aromatic heterocycles. The van der Waals surface area contributed by atoms with Crippen molar-refractivity contribution in [1.29, 1.82) is 0 Å². The molecule has 0 aromatic carbocycles. The van der Waals surface area contributed by atoms with Crippen LogP contribution in [0.15, 0.2) is 0 Å². The Hall–Kier alpha value is -1.47. The molecule has 1 rings (SSSR count). The number of hydrazine groups is 1. The van der Waals surface area contributed by atoms with Crippen molar-refractivity contribution in [2.45, 2.75) is 25.8 Å². The molecule has 7 nitrogen and oxygen atoms in total. The maximum atomic E-state index is 11.5. The van der Waals surface area contributed by atoms with Crippen LogP contribution in [0.1, 0.15) is 19.8 Å². The molecule has 0 radical (unpaired) electrons. The third-order valence-corrected chi connectivity index (χ3v) is 2.53. The summed E-state index contributed by atoms with van der Waals surface area (Å²) in [5.41, 5.74) is 2.01. The van der Waals surface area contributed by atoms with Gasteiger partial charge < -0.3 is 0 Å². The highest BCUT2D eigenvalue weighted by atomic mass is 16.2. The molecule has 1 aliphatic rings. The lowest BCUT2D eigenvalue weighted by atomic mass is 10.1. The molecule has 16 heavy (non-hydrogen) atoms. The van der Waals surface area contributed by atoms with Gasteiger partial charge in [0.15, 0.2) is 0 Å². The van der Waals surface area contributed by atoms with Crippen molar-refractivity contribution in [1.82, 2.24) is 15.6 Å². The number of rotatable bonds is 4. The van der Waals surface area contributed by atoms with Crippen LogP contribution in [0.2, 0.25) is 0 Å². The first-order valence-electron chi connectivity index (χ1n) is 5.15. The van der Waals surface area contributed by atoms with Crippen LogP contribution < -0.4 is 16.6 Å². The van der Waals surface area contributed by atoms with Crippen LogP contribution in [0.3, 0.4) is 0 Å². The summed E-state index contributed by atoms with van der Waals surface area (Å²) in [7, 11) is 0. The molecule has 0 bridgehead atoms. The van der Waals surface area contributed by atoms with Crippen LogP contribution in [0.5, 0.6) is 0 Å². The first-order valence-corrected chi connectivity index (χ1v) is 5.15. The zero-order chi connectivity index (χ0) is 12.1. The lowest BCUT2D eigenvalue weighted by molar-refractivity contribution is -0.141. The standard InChI is InChI=1S/C9H16N4O3/c1-2-6-9(16)11-8(15)5-13(6)4-3-7(14)12-10/h6H,2-5,10H2,1H3,(H,12,14)(H,11,15,16). The molecular formula is C9H16N4O3. The highest BCUT2D eigenvalue weighted by molar-refractivity contribution is 6.01. The zero-order valence-electron chi connectivity index (χ0n) is 9.16. The van der Waals surface area contributed by atoms with Gasteiger partial charge in [0.05, 0.1) is 12.6 Å². The topological polar surface area (TPSA) is 105 Å². The van der Waals surface area contributed by atoms with Gasteiger partial charge in [0, 0.05) is 13.0 Å². The number of amides is 3. The fourth-order valence-corrected chi connectivity index (χ4v) is 1.72. The Morgan fingerprint density at radius 3 is 2.88 bits per heavy atom. The van der Waals surface area contributed by atoms with Gasteiger partial charge in [0.2, 0.25) is 17.7 Å². The molecule has 0 spiro atoms. The maximum absolute atomic E-state index is 11.5. The Bertz CT molecular complexity index is 305. The van der Waals surface area contributed by atoms with Gasteiger partial charge in [0.1, 0.15) is 0 Å². The quantitative estimate of drug-likeness (QED) is 0.226. The summed E-state index contributed by atoms with van der Waals surface area (Å²) < 4.78 is 0. The van der Waals surface area contributed by atoms with E-state index in [1.54, 1.807) is 4.90 Å². The molecule has 7 heteroatoms. The van der Waals surface area contributed by atoms with Gasteiger partial charge in [-0.25, -0.2) is 5.84 Å². The Balaban J connectivity index is 2.57. The fraction of sp³-hybridized carbons (Fsp3) is 0.667. The second-order valence-corrected chi connectivity index (χ2v) is 3.62. The van der Waals surface area contributed by atoms with Gasteiger partial charge in [-0.3, -0.25) is 30.0 Å². The highest BCUT2D eigenvalue weighted by Crippen LogP contribution is 2.09. The lowest BCUT2D eigenvalue weighted by Gasteiger charge is -2.32. The van der Waals surface area contributed by atoms with E-state index in [4.69, 9.17) is 5.84 Å². The first-order chi connectivity index (χ1) is 7.58. The summed E-state index contributed by atoms with van der Waals surface area (Å²) in [5, 5.41) is 2.27. The van der Waals surface area contributed by atoms with E-state index in [2.05, 4.69) is 5.32 Å². The minimum Gasteiger partial charge on any atom is -0.294 e. The van der Waals surface area contributed by atoms with Crippen molar-refractivity contribution in [3.8, 4) is 0 Å². The van der Waals surface area contributed by atoms with Crippen molar-refractivity contribution in [2.24, 2.45) is 5.84 Å². The minimum atomic E-state index is -0.344. The molecule has 1 fully saturated rings. The number of imide groups is 1. The molecule has 0 saturated carbocycles. The van der Waals surface area contributed by atoms with Gasteiger partial charge >= 0.3 is 0 Å². The van der Waals surface area contributed by atoms with Crippen LogP contribution in [0.25, 0.3) is 0 Å². The molecule has 1 saturated heterocycles. The predicted molar refractivity (Wildman–Crippen MR) is 55.7 cm³/mol. The largest absolute Gasteiger partial charge is 0.294 e. The van der Waals surface area contributed by atoms with E-state index in [0.29, 0.717) is 13.0 Å². The van der Waals surface area contributed by atoms with E-state index in [0.717, 1.165) is 0 Å². The molecule has 4 N–H and O–H groups in total. The van der Waals surface area contributed by atoms with E-state index >= 15 is 0 Å². The number of piperazine rings is 1. The van der Waals surface area contributed by atoms with Crippen molar-refractivity contribution in [2.75, 3.05) is 13.1 Å². The van der Waals surface area contributed by atoms with E-state index in [9.17, 15) is 14.4 Å². The first kappa shape index (κ1) is 12.6. The van der Waals surface area contributed by atoms with Crippen LogP contribution >= 0.6 is 0 Å². The Morgan fingerprint density at radius 1 is 1.62 bits per heavy atom. The van der Waals surface area contributed by atoms with Gasteiger partial charge in [-0.1, -0.05) is 6.92 Å². The van der Waals surface area contributed by atoms with E-state index in [-0.39, 0.29) is 36.7 Å². The smallest absolute Gasteiger partial charge is 0.243 e. The van der Waals surface area contributed by atoms with Gasteiger partial charge in [-0.15, -0.1) is 0 Å². The number of hydrogen-bond acceptors (Lipinski definition) is 5. The number of nitrogens with zero attached hydrogens (tertiary/aromatic N) is 1. The second kappa shape index (κ2) is 5.57. The molecule has 1 heterocycles. The SMILES string of the molecule is CCC1C(=O)NC(=O)CN1CCC(=O)NN. The lowest BCUT2D eigenvalue weighted by Crippen LogP contribution is -2.58. The Morgan fingerprint density at radius 2 is 2.31 bits per heavy atom. The summed E-state index contributed by atoms with van der Waals surface area (Å²) in [5.74, 6) is 4.00. The second-order valence-electron chi connectivity index (χ2n) is 3.62. The minimum absolute atomic E-state index is 0.141. The van der Waals surface area contributed by atoms with Crippen LogP contribution in [-0.2, 0) is 14.4 Å². The normalized spacial score (nSPS) is 21.8. The molecule has 90 valence electrons. The van der Waals surface area contributed by atoms with Gasteiger partial charge in [-0.05, 0) is 6.42 Å².